The Morgan fingerprint density at radius 3 is 2.89 bits per heavy atom. The molecule has 2 saturated heterocycles. The number of benzene rings is 1. The predicted molar refractivity (Wildman–Crippen MR) is 108 cm³/mol. The Morgan fingerprint density at radius 1 is 1.30 bits per heavy atom. The van der Waals surface area contributed by atoms with E-state index < -0.39 is 0 Å². The van der Waals surface area contributed by atoms with E-state index in [9.17, 15) is 5.26 Å². The molecule has 0 aliphatic carbocycles. The van der Waals surface area contributed by atoms with E-state index in [1.165, 1.54) is 6.42 Å². The number of fused-ring (bicyclic) bond motifs is 1. The van der Waals surface area contributed by atoms with Gasteiger partial charge in [-0.2, -0.15) is 5.26 Å². The monoisotopic (exact) mass is 364 g/mol. The molecule has 5 heteroatoms. The molecule has 2 aliphatic heterocycles. The normalized spacial score (nSPS) is 25.6. The largest absolute Gasteiger partial charge is 0.370 e. The molecule has 2 atom stereocenters. The number of hydrogen-bond donors (Lipinski definition) is 0. The number of ether oxygens (including phenoxy) is 1. The van der Waals surface area contributed by atoms with Crippen LogP contribution in [0.25, 0.3) is 10.9 Å². The van der Waals surface area contributed by atoms with Crippen LogP contribution < -0.4 is 4.90 Å². The molecule has 2 aromatic rings. The van der Waals surface area contributed by atoms with E-state index in [0.717, 1.165) is 49.3 Å². The Morgan fingerprint density at radius 2 is 2.15 bits per heavy atom. The second-order valence-electron chi connectivity index (χ2n) is 8.77. The third-order valence-corrected chi connectivity index (χ3v) is 5.75. The minimum Gasteiger partial charge on any atom is -0.370 e. The lowest BCUT2D eigenvalue weighted by atomic mass is 9.93. The summed E-state index contributed by atoms with van der Waals surface area (Å²) in [5, 5.41) is 10.4. The van der Waals surface area contributed by atoms with Gasteiger partial charge in [0, 0.05) is 43.4 Å². The fourth-order valence-corrected chi connectivity index (χ4v) is 4.53. The van der Waals surface area contributed by atoms with Gasteiger partial charge in [0.25, 0.3) is 0 Å². The number of hydrogen-bond acceptors (Lipinski definition) is 5. The standard InChI is InChI=1S/C22H28N4O/c1-16-12-26(14-18(27-16)13-25-10-8-22(2,3)15-25)20-7-6-17(11-23)21-19(20)5-4-9-24-21/h4-7,9,16,18H,8,10,12-15H2,1-3H3/t16-,18+/m1/s1. The average Bonchev–Trinajstić information content (AvgIpc) is 2.98. The summed E-state index contributed by atoms with van der Waals surface area (Å²) in [6.07, 6.45) is 3.39. The molecule has 142 valence electrons. The van der Waals surface area contributed by atoms with Crippen molar-refractivity contribution in [2.24, 2.45) is 5.41 Å². The molecule has 2 fully saturated rings. The van der Waals surface area contributed by atoms with E-state index in [0.29, 0.717) is 11.0 Å². The van der Waals surface area contributed by atoms with Crippen LogP contribution in [0.5, 0.6) is 0 Å². The molecule has 0 bridgehead atoms. The van der Waals surface area contributed by atoms with Gasteiger partial charge >= 0.3 is 0 Å². The zero-order valence-corrected chi connectivity index (χ0v) is 16.5. The van der Waals surface area contributed by atoms with Gasteiger partial charge in [-0.3, -0.25) is 4.98 Å². The lowest BCUT2D eigenvalue weighted by Crippen LogP contribution is -2.50. The number of anilines is 1. The van der Waals surface area contributed by atoms with Crippen molar-refractivity contribution in [2.75, 3.05) is 37.6 Å². The van der Waals surface area contributed by atoms with Gasteiger partial charge in [-0.15, -0.1) is 0 Å². The second-order valence-corrected chi connectivity index (χ2v) is 8.77. The molecular weight excluding hydrogens is 336 g/mol. The third kappa shape index (κ3) is 3.78. The zero-order valence-electron chi connectivity index (χ0n) is 16.5. The van der Waals surface area contributed by atoms with Gasteiger partial charge in [-0.05, 0) is 49.6 Å². The van der Waals surface area contributed by atoms with Crippen molar-refractivity contribution in [3.8, 4) is 6.07 Å². The summed E-state index contributed by atoms with van der Waals surface area (Å²) in [7, 11) is 0. The van der Waals surface area contributed by atoms with Crippen molar-refractivity contribution in [3.63, 3.8) is 0 Å². The van der Waals surface area contributed by atoms with Gasteiger partial charge in [-0.25, -0.2) is 0 Å². The fourth-order valence-electron chi connectivity index (χ4n) is 4.53. The lowest BCUT2D eigenvalue weighted by molar-refractivity contribution is -0.0302. The highest BCUT2D eigenvalue weighted by molar-refractivity contribution is 5.95. The highest BCUT2D eigenvalue weighted by atomic mass is 16.5. The first kappa shape index (κ1) is 18.2. The summed E-state index contributed by atoms with van der Waals surface area (Å²) in [4.78, 5) is 9.40. The van der Waals surface area contributed by atoms with E-state index in [1.807, 2.05) is 12.1 Å². The molecule has 0 N–H and O–H groups in total. The zero-order chi connectivity index (χ0) is 19.0. The van der Waals surface area contributed by atoms with Gasteiger partial charge < -0.3 is 14.5 Å². The molecular formula is C22H28N4O. The maximum atomic E-state index is 9.39. The number of morpholine rings is 1. The van der Waals surface area contributed by atoms with Crippen LogP contribution in [0.2, 0.25) is 0 Å². The summed E-state index contributed by atoms with van der Waals surface area (Å²) >= 11 is 0. The number of nitriles is 1. The summed E-state index contributed by atoms with van der Waals surface area (Å²) in [6, 6.07) is 10.2. The Kier molecular flexibility index (Phi) is 4.79. The quantitative estimate of drug-likeness (QED) is 0.835. The third-order valence-electron chi connectivity index (χ3n) is 5.75. The summed E-state index contributed by atoms with van der Waals surface area (Å²) in [5.74, 6) is 0. The highest BCUT2D eigenvalue weighted by Gasteiger charge is 2.33. The molecule has 4 rings (SSSR count). The van der Waals surface area contributed by atoms with Crippen LogP contribution >= 0.6 is 0 Å². The Bertz CT molecular complexity index is 872. The maximum Gasteiger partial charge on any atom is 0.101 e. The molecule has 27 heavy (non-hydrogen) atoms. The minimum absolute atomic E-state index is 0.182. The van der Waals surface area contributed by atoms with Crippen LogP contribution in [-0.4, -0.2) is 54.8 Å². The molecule has 0 unspecified atom stereocenters. The SMILES string of the molecule is C[C@@H]1CN(c2ccc(C#N)c3ncccc23)C[C@H](CN2CCC(C)(C)C2)O1. The van der Waals surface area contributed by atoms with Crippen molar-refractivity contribution in [2.45, 2.75) is 39.4 Å². The van der Waals surface area contributed by atoms with Crippen LogP contribution in [0.1, 0.15) is 32.8 Å². The van der Waals surface area contributed by atoms with Crippen LogP contribution in [-0.2, 0) is 4.74 Å². The number of likely N-dealkylation sites (tertiary alicyclic amines) is 1. The Labute approximate surface area is 161 Å². The minimum atomic E-state index is 0.182. The Hall–Kier alpha value is -2.16. The summed E-state index contributed by atoms with van der Waals surface area (Å²) < 4.78 is 6.27. The van der Waals surface area contributed by atoms with Crippen LogP contribution in [0.4, 0.5) is 5.69 Å². The number of aromatic nitrogens is 1. The van der Waals surface area contributed by atoms with Crippen molar-refractivity contribution in [1.29, 1.82) is 5.26 Å². The van der Waals surface area contributed by atoms with E-state index in [-0.39, 0.29) is 12.2 Å². The predicted octanol–water partition coefficient (Wildman–Crippen LogP) is 3.43. The molecule has 1 aromatic carbocycles. The van der Waals surface area contributed by atoms with E-state index in [4.69, 9.17) is 4.74 Å². The number of pyridine rings is 1. The molecule has 3 heterocycles. The van der Waals surface area contributed by atoms with Crippen molar-refractivity contribution in [3.05, 3.63) is 36.0 Å². The topological polar surface area (TPSA) is 52.4 Å². The maximum absolute atomic E-state index is 9.39. The average molecular weight is 364 g/mol. The van der Waals surface area contributed by atoms with Gasteiger partial charge in [0.2, 0.25) is 0 Å². The molecule has 0 saturated carbocycles. The van der Waals surface area contributed by atoms with Gasteiger partial charge in [0.1, 0.15) is 6.07 Å². The molecule has 0 amide bonds. The first-order chi connectivity index (χ1) is 12.9. The fraction of sp³-hybridized carbons (Fsp3) is 0.545. The van der Waals surface area contributed by atoms with Gasteiger partial charge in [0.05, 0.1) is 23.3 Å². The number of rotatable bonds is 3. The van der Waals surface area contributed by atoms with Gasteiger partial charge in [-0.1, -0.05) is 13.8 Å². The van der Waals surface area contributed by atoms with Crippen LogP contribution in [0.15, 0.2) is 30.5 Å². The molecule has 5 nitrogen and oxygen atoms in total. The van der Waals surface area contributed by atoms with Gasteiger partial charge in [0.15, 0.2) is 0 Å². The van der Waals surface area contributed by atoms with E-state index in [2.05, 4.69) is 53.8 Å². The molecule has 1 aromatic heterocycles. The van der Waals surface area contributed by atoms with Crippen molar-refractivity contribution < 1.29 is 4.74 Å². The number of nitrogens with zero attached hydrogens (tertiary/aromatic N) is 4. The molecule has 2 aliphatic rings. The highest BCUT2D eigenvalue weighted by Crippen LogP contribution is 2.32. The van der Waals surface area contributed by atoms with Crippen LogP contribution in [0.3, 0.4) is 0 Å². The van der Waals surface area contributed by atoms with Crippen molar-refractivity contribution in [1.82, 2.24) is 9.88 Å². The smallest absolute Gasteiger partial charge is 0.101 e. The summed E-state index contributed by atoms with van der Waals surface area (Å²) in [5.41, 5.74) is 2.98. The Balaban J connectivity index is 1.57. The molecule has 0 radical (unpaired) electrons. The lowest BCUT2D eigenvalue weighted by Gasteiger charge is -2.40. The van der Waals surface area contributed by atoms with Crippen molar-refractivity contribution >= 4 is 16.6 Å². The first-order valence-electron chi connectivity index (χ1n) is 9.86. The van der Waals surface area contributed by atoms with Crippen LogP contribution in [0, 0.1) is 16.7 Å². The first-order valence-corrected chi connectivity index (χ1v) is 9.86. The van der Waals surface area contributed by atoms with E-state index >= 15 is 0 Å². The molecule has 0 spiro atoms. The second kappa shape index (κ2) is 7.10. The van der Waals surface area contributed by atoms with E-state index in [1.54, 1.807) is 6.20 Å². The summed E-state index contributed by atoms with van der Waals surface area (Å²) in [6.45, 7) is 11.9.